The molecule has 1 aromatic heterocycles. The Morgan fingerprint density at radius 1 is 1.50 bits per heavy atom. The van der Waals surface area contributed by atoms with Crippen LogP contribution in [0.4, 0.5) is 4.39 Å². The van der Waals surface area contributed by atoms with Crippen LogP contribution < -0.4 is 5.73 Å². The predicted molar refractivity (Wildman–Crippen MR) is 63.5 cm³/mol. The van der Waals surface area contributed by atoms with Crippen LogP contribution in [0.2, 0.25) is 0 Å². The molecule has 18 heavy (non-hydrogen) atoms. The number of benzene rings is 1. The number of hydrogen-bond acceptors (Lipinski definition) is 3. The van der Waals surface area contributed by atoms with Gasteiger partial charge >= 0.3 is 0 Å². The van der Waals surface area contributed by atoms with Gasteiger partial charge in [0.15, 0.2) is 0 Å². The molecule has 1 amide bonds. The fourth-order valence-electron chi connectivity index (χ4n) is 1.65. The number of aromatic amines is 1. The summed E-state index contributed by atoms with van der Waals surface area (Å²) in [6, 6.07) is 4.95. The fraction of sp³-hybridized carbons (Fsp3) is 0.250. The molecule has 0 atom stereocenters. The Labute approximate surface area is 103 Å². The summed E-state index contributed by atoms with van der Waals surface area (Å²) < 4.78 is 13.6. The van der Waals surface area contributed by atoms with E-state index in [1.165, 1.54) is 6.07 Å². The second-order valence-corrected chi connectivity index (χ2v) is 3.93. The molecule has 0 saturated carbocycles. The Morgan fingerprint density at radius 2 is 2.28 bits per heavy atom. The number of nitrogens with two attached hydrogens (primary N) is 1. The number of aromatic nitrogens is 3. The van der Waals surface area contributed by atoms with Crippen molar-refractivity contribution in [2.24, 2.45) is 5.73 Å². The first-order valence-electron chi connectivity index (χ1n) is 5.58. The van der Waals surface area contributed by atoms with Gasteiger partial charge in [-0.2, -0.15) is 0 Å². The molecule has 0 unspecified atom stereocenters. The molecule has 94 valence electrons. The third-order valence-corrected chi connectivity index (χ3v) is 2.63. The van der Waals surface area contributed by atoms with Crippen molar-refractivity contribution in [3.63, 3.8) is 0 Å². The molecule has 1 aromatic carbocycles. The Bertz CT molecular complexity index is 579. The van der Waals surface area contributed by atoms with Gasteiger partial charge in [0, 0.05) is 6.42 Å². The number of carbonyl (C=O) groups is 1. The summed E-state index contributed by atoms with van der Waals surface area (Å²) in [7, 11) is 0. The van der Waals surface area contributed by atoms with E-state index >= 15 is 0 Å². The molecule has 2 aromatic rings. The number of carbonyl (C=O) groups excluding carboxylic acids is 1. The van der Waals surface area contributed by atoms with Crippen LogP contribution in [0.25, 0.3) is 0 Å². The number of amides is 1. The maximum Gasteiger partial charge on any atom is 0.288 e. The first-order chi connectivity index (χ1) is 8.60. The minimum Gasteiger partial charge on any atom is -0.363 e. The molecule has 0 radical (unpaired) electrons. The van der Waals surface area contributed by atoms with Crippen molar-refractivity contribution in [1.29, 1.82) is 0 Å². The van der Waals surface area contributed by atoms with Gasteiger partial charge < -0.3 is 5.73 Å². The summed E-state index contributed by atoms with van der Waals surface area (Å²) in [6.45, 7) is 2.00. The minimum absolute atomic E-state index is 0.0861. The zero-order chi connectivity index (χ0) is 13.1. The fourth-order valence-corrected chi connectivity index (χ4v) is 1.65. The predicted octanol–water partition coefficient (Wildman–Crippen LogP) is 1.20. The molecular formula is C12H13FN4O. The van der Waals surface area contributed by atoms with Crippen molar-refractivity contribution in [1.82, 2.24) is 15.2 Å². The van der Waals surface area contributed by atoms with Gasteiger partial charge in [-0.05, 0) is 23.6 Å². The molecule has 0 saturated heterocycles. The summed E-state index contributed by atoms with van der Waals surface area (Å²) >= 11 is 0. The lowest BCUT2D eigenvalue weighted by Crippen LogP contribution is -2.12. The van der Waals surface area contributed by atoms with E-state index in [0.717, 1.165) is 12.0 Å². The number of H-pyrrole nitrogens is 1. The summed E-state index contributed by atoms with van der Waals surface area (Å²) in [5.41, 5.74) is 6.60. The topological polar surface area (TPSA) is 84.7 Å². The van der Waals surface area contributed by atoms with E-state index < -0.39 is 5.91 Å². The van der Waals surface area contributed by atoms with Crippen molar-refractivity contribution >= 4 is 5.91 Å². The molecule has 0 spiro atoms. The van der Waals surface area contributed by atoms with Crippen LogP contribution in [0.1, 0.15) is 34.5 Å². The molecule has 5 nitrogen and oxygen atoms in total. The van der Waals surface area contributed by atoms with Gasteiger partial charge in [-0.1, -0.05) is 19.1 Å². The van der Waals surface area contributed by atoms with Gasteiger partial charge in [0.1, 0.15) is 11.6 Å². The van der Waals surface area contributed by atoms with E-state index in [-0.39, 0.29) is 18.1 Å². The van der Waals surface area contributed by atoms with Crippen LogP contribution in [0.5, 0.6) is 0 Å². The van der Waals surface area contributed by atoms with Gasteiger partial charge in [-0.15, -0.1) is 5.10 Å². The molecular weight excluding hydrogens is 235 g/mol. The van der Waals surface area contributed by atoms with E-state index in [4.69, 9.17) is 5.73 Å². The standard InChI is InChI=1S/C12H13FN4O/c1-2-7-3-4-9(13)8(5-7)6-10-15-12(11(14)18)17-16-10/h3-5H,2,6H2,1H3,(H2,14,18)(H,15,16,17). The number of aryl methyl sites for hydroxylation is 1. The average Bonchev–Trinajstić information content (AvgIpc) is 2.81. The van der Waals surface area contributed by atoms with Crippen LogP contribution in [0.15, 0.2) is 18.2 Å². The Morgan fingerprint density at radius 3 is 2.89 bits per heavy atom. The van der Waals surface area contributed by atoms with Crippen LogP contribution >= 0.6 is 0 Å². The summed E-state index contributed by atoms with van der Waals surface area (Å²) in [6.07, 6.45) is 1.08. The van der Waals surface area contributed by atoms with Crippen LogP contribution in [0, 0.1) is 5.82 Å². The van der Waals surface area contributed by atoms with E-state index in [1.54, 1.807) is 12.1 Å². The molecule has 0 aliphatic rings. The average molecular weight is 248 g/mol. The highest BCUT2D eigenvalue weighted by molar-refractivity contribution is 5.88. The third kappa shape index (κ3) is 2.53. The van der Waals surface area contributed by atoms with E-state index in [9.17, 15) is 9.18 Å². The Hall–Kier alpha value is -2.24. The van der Waals surface area contributed by atoms with Crippen LogP contribution in [-0.2, 0) is 12.8 Å². The van der Waals surface area contributed by atoms with Gasteiger partial charge in [-0.3, -0.25) is 9.89 Å². The first kappa shape index (κ1) is 12.2. The second-order valence-electron chi connectivity index (χ2n) is 3.93. The second kappa shape index (κ2) is 4.95. The van der Waals surface area contributed by atoms with Gasteiger partial charge in [-0.25, -0.2) is 9.37 Å². The molecule has 0 bridgehead atoms. The Balaban J connectivity index is 2.24. The van der Waals surface area contributed by atoms with Crippen molar-refractivity contribution in [3.8, 4) is 0 Å². The monoisotopic (exact) mass is 248 g/mol. The molecule has 6 heteroatoms. The van der Waals surface area contributed by atoms with Gasteiger partial charge in [0.05, 0.1) is 0 Å². The van der Waals surface area contributed by atoms with Gasteiger partial charge in [0.25, 0.3) is 5.91 Å². The summed E-state index contributed by atoms with van der Waals surface area (Å²) in [5, 5.41) is 6.22. The van der Waals surface area contributed by atoms with Crippen molar-refractivity contribution in [3.05, 3.63) is 46.8 Å². The van der Waals surface area contributed by atoms with E-state index in [2.05, 4.69) is 15.2 Å². The highest BCUT2D eigenvalue weighted by Crippen LogP contribution is 2.14. The number of halogens is 1. The smallest absolute Gasteiger partial charge is 0.288 e. The quantitative estimate of drug-likeness (QED) is 0.852. The lowest BCUT2D eigenvalue weighted by atomic mass is 10.1. The molecule has 0 aliphatic carbocycles. The maximum atomic E-state index is 13.6. The highest BCUT2D eigenvalue weighted by Gasteiger charge is 2.11. The first-order valence-corrected chi connectivity index (χ1v) is 5.58. The normalized spacial score (nSPS) is 10.6. The number of nitrogens with zero attached hydrogens (tertiary/aromatic N) is 2. The molecule has 3 N–H and O–H groups in total. The number of nitrogens with one attached hydrogen (secondary N) is 1. The number of rotatable bonds is 4. The maximum absolute atomic E-state index is 13.6. The van der Waals surface area contributed by atoms with Crippen LogP contribution in [0.3, 0.4) is 0 Å². The lowest BCUT2D eigenvalue weighted by molar-refractivity contribution is 0.0991. The van der Waals surface area contributed by atoms with Crippen molar-refractivity contribution in [2.75, 3.05) is 0 Å². The van der Waals surface area contributed by atoms with Crippen molar-refractivity contribution < 1.29 is 9.18 Å². The lowest BCUT2D eigenvalue weighted by Gasteiger charge is -2.03. The SMILES string of the molecule is CCc1ccc(F)c(Cc2nc(C(N)=O)n[nH]2)c1. The number of primary amides is 1. The molecule has 1 heterocycles. The van der Waals surface area contributed by atoms with Crippen LogP contribution in [-0.4, -0.2) is 21.1 Å². The largest absolute Gasteiger partial charge is 0.363 e. The minimum atomic E-state index is -0.708. The Kier molecular flexibility index (Phi) is 3.36. The zero-order valence-corrected chi connectivity index (χ0v) is 9.90. The molecule has 0 fully saturated rings. The third-order valence-electron chi connectivity index (χ3n) is 2.63. The van der Waals surface area contributed by atoms with E-state index in [0.29, 0.717) is 11.4 Å². The summed E-state index contributed by atoms with van der Waals surface area (Å²) in [4.78, 5) is 14.7. The number of hydrogen-bond donors (Lipinski definition) is 2. The molecule has 2 rings (SSSR count). The van der Waals surface area contributed by atoms with Crippen molar-refractivity contribution in [2.45, 2.75) is 19.8 Å². The molecule has 0 aliphatic heterocycles. The summed E-state index contributed by atoms with van der Waals surface area (Å²) in [5.74, 6) is -0.683. The highest BCUT2D eigenvalue weighted by atomic mass is 19.1. The zero-order valence-electron chi connectivity index (χ0n) is 9.90. The van der Waals surface area contributed by atoms with Gasteiger partial charge in [0.2, 0.25) is 5.82 Å². The van der Waals surface area contributed by atoms with E-state index in [1.807, 2.05) is 6.92 Å².